The Kier molecular flexibility index (Phi) is 5.02. The number of halogens is 1. The van der Waals surface area contributed by atoms with E-state index in [0.29, 0.717) is 11.6 Å². The molecule has 24 heavy (non-hydrogen) atoms. The van der Waals surface area contributed by atoms with E-state index in [2.05, 4.69) is 15.6 Å². The Morgan fingerprint density at radius 1 is 1.29 bits per heavy atom. The van der Waals surface area contributed by atoms with Gasteiger partial charge in [0.2, 0.25) is 5.91 Å². The van der Waals surface area contributed by atoms with Crippen LogP contribution in [0.2, 0.25) is 5.02 Å². The highest BCUT2D eigenvalue weighted by molar-refractivity contribution is 7.18. The van der Waals surface area contributed by atoms with Gasteiger partial charge < -0.3 is 10.6 Å². The minimum absolute atomic E-state index is 0.0736. The first kappa shape index (κ1) is 16.7. The number of nitrogens with one attached hydrogen (secondary N) is 2. The maximum atomic E-state index is 12.3. The predicted molar refractivity (Wildman–Crippen MR) is 101 cm³/mol. The van der Waals surface area contributed by atoms with Crippen LogP contribution < -0.4 is 10.6 Å². The van der Waals surface area contributed by atoms with Crippen molar-refractivity contribution in [2.24, 2.45) is 0 Å². The topological polar surface area (TPSA) is 54.0 Å². The van der Waals surface area contributed by atoms with Crippen molar-refractivity contribution in [3.63, 3.8) is 0 Å². The molecule has 0 fully saturated rings. The van der Waals surface area contributed by atoms with Crippen LogP contribution >= 0.6 is 22.9 Å². The van der Waals surface area contributed by atoms with Crippen LogP contribution in [0.3, 0.4) is 0 Å². The first-order valence-corrected chi connectivity index (χ1v) is 8.87. The highest BCUT2D eigenvalue weighted by Gasteiger charge is 2.13. The summed E-state index contributed by atoms with van der Waals surface area (Å²) in [5.41, 5.74) is 2.80. The number of hydrogen-bond donors (Lipinski definition) is 2. The fraction of sp³-hybridized carbons (Fsp3) is 0.222. The summed E-state index contributed by atoms with van der Waals surface area (Å²) in [4.78, 5) is 16.7. The molecule has 0 saturated carbocycles. The molecule has 0 aliphatic carbocycles. The van der Waals surface area contributed by atoms with Crippen LogP contribution in [0.5, 0.6) is 0 Å². The van der Waals surface area contributed by atoms with Gasteiger partial charge in [0.15, 0.2) is 0 Å². The fourth-order valence-electron chi connectivity index (χ4n) is 2.42. The zero-order chi connectivity index (χ0) is 17.1. The van der Waals surface area contributed by atoms with E-state index in [9.17, 15) is 4.79 Å². The van der Waals surface area contributed by atoms with Crippen LogP contribution in [-0.2, 0) is 11.3 Å². The Bertz CT molecular complexity index is 878. The highest BCUT2D eigenvalue weighted by atomic mass is 35.5. The van der Waals surface area contributed by atoms with E-state index in [1.165, 1.54) is 0 Å². The molecule has 1 amide bonds. The Balaban J connectivity index is 1.61. The first-order chi connectivity index (χ1) is 11.5. The molecule has 1 heterocycles. The van der Waals surface area contributed by atoms with Gasteiger partial charge in [-0.1, -0.05) is 29.8 Å². The van der Waals surface area contributed by atoms with Crippen molar-refractivity contribution in [3.8, 4) is 0 Å². The molecule has 1 unspecified atom stereocenters. The van der Waals surface area contributed by atoms with Crippen molar-refractivity contribution in [1.29, 1.82) is 0 Å². The van der Waals surface area contributed by atoms with Crippen LogP contribution in [0.4, 0.5) is 5.69 Å². The summed E-state index contributed by atoms with van der Waals surface area (Å²) in [5.74, 6) is -0.0736. The molecule has 1 aromatic heterocycles. The fourth-order valence-corrected chi connectivity index (χ4v) is 3.49. The second kappa shape index (κ2) is 7.20. The summed E-state index contributed by atoms with van der Waals surface area (Å²) in [6.07, 6.45) is 0. The van der Waals surface area contributed by atoms with Gasteiger partial charge in [0.05, 0.1) is 15.2 Å². The van der Waals surface area contributed by atoms with Gasteiger partial charge in [0, 0.05) is 17.3 Å². The van der Waals surface area contributed by atoms with Crippen LogP contribution in [0, 0.1) is 6.92 Å². The third-order valence-electron chi connectivity index (χ3n) is 3.68. The first-order valence-electron chi connectivity index (χ1n) is 7.68. The Morgan fingerprint density at radius 3 is 2.88 bits per heavy atom. The van der Waals surface area contributed by atoms with Crippen LogP contribution in [0.25, 0.3) is 10.2 Å². The van der Waals surface area contributed by atoms with Crippen molar-refractivity contribution in [3.05, 3.63) is 58.1 Å². The number of fused-ring (bicyclic) bond motifs is 1. The number of anilines is 1. The van der Waals surface area contributed by atoms with E-state index >= 15 is 0 Å². The van der Waals surface area contributed by atoms with E-state index in [1.54, 1.807) is 11.3 Å². The summed E-state index contributed by atoms with van der Waals surface area (Å²) in [6, 6.07) is 13.1. The van der Waals surface area contributed by atoms with Crippen molar-refractivity contribution in [2.75, 3.05) is 5.32 Å². The lowest BCUT2D eigenvalue weighted by atomic mass is 10.2. The molecule has 0 radical (unpaired) electrons. The molecule has 124 valence electrons. The minimum atomic E-state index is -0.348. The van der Waals surface area contributed by atoms with Gasteiger partial charge in [0.1, 0.15) is 6.04 Å². The third kappa shape index (κ3) is 3.86. The average molecular weight is 360 g/mol. The Labute approximate surface area is 149 Å². The van der Waals surface area contributed by atoms with Crippen molar-refractivity contribution >= 4 is 44.7 Å². The molecule has 0 bridgehead atoms. The van der Waals surface area contributed by atoms with Gasteiger partial charge in [-0.15, -0.1) is 11.3 Å². The monoisotopic (exact) mass is 359 g/mol. The Morgan fingerprint density at radius 2 is 2.08 bits per heavy atom. The number of hydrogen-bond acceptors (Lipinski definition) is 4. The molecular formula is C18H18ClN3OS. The number of amides is 1. The van der Waals surface area contributed by atoms with Crippen molar-refractivity contribution in [2.45, 2.75) is 26.4 Å². The normalized spacial score (nSPS) is 12.1. The molecule has 6 heteroatoms. The lowest BCUT2D eigenvalue weighted by Crippen LogP contribution is -2.37. The van der Waals surface area contributed by atoms with Crippen LogP contribution in [0.15, 0.2) is 42.5 Å². The number of carbonyl (C=O) groups excluding carboxylic acids is 1. The predicted octanol–water partition coefficient (Wildman–Crippen LogP) is 4.37. The number of benzene rings is 2. The van der Waals surface area contributed by atoms with Gasteiger partial charge in [0.25, 0.3) is 0 Å². The second-order valence-electron chi connectivity index (χ2n) is 5.59. The van der Waals surface area contributed by atoms with E-state index in [4.69, 9.17) is 11.6 Å². The molecule has 3 aromatic rings. The van der Waals surface area contributed by atoms with E-state index in [-0.39, 0.29) is 11.9 Å². The van der Waals surface area contributed by atoms with Crippen molar-refractivity contribution in [1.82, 2.24) is 10.3 Å². The number of carbonyl (C=O) groups is 1. The molecule has 0 aliphatic heterocycles. The molecule has 1 atom stereocenters. The standard InChI is InChI=1S/C18H18ClN3OS/c1-11(18(23)20-10-13-5-3-4-6-15(13)19)21-14-7-8-16-17(9-14)24-12(2)22-16/h3-9,11,21H,10H2,1-2H3,(H,20,23). The maximum Gasteiger partial charge on any atom is 0.242 e. The summed E-state index contributed by atoms with van der Waals surface area (Å²) in [6.45, 7) is 4.24. The molecule has 2 aromatic carbocycles. The largest absolute Gasteiger partial charge is 0.374 e. The average Bonchev–Trinajstić information content (AvgIpc) is 2.93. The van der Waals surface area contributed by atoms with Crippen LogP contribution in [-0.4, -0.2) is 16.9 Å². The lowest BCUT2D eigenvalue weighted by molar-refractivity contribution is -0.121. The molecule has 0 aliphatic rings. The van der Waals surface area contributed by atoms with Crippen LogP contribution in [0.1, 0.15) is 17.5 Å². The van der Waals surface area contributed by atoms with Gasteiger partial charge in [-0.2, -0.15) is 0 Å². The zero-order valence-electron chi connectivity index (χ0n) is 13.5. The summed E-state index contributed by atoms with van der Waals surface area (Å²) >= 11 is 7.75. The number of aromatic nitrogens is 1. The van der Waals surface area contributed by atoms with Crippen molar-refractivity contribution < 1.29 is 4.79 Å². The summed E-state index contributed by atoms with van der Waals surface area (Å²) < 4.78 is 1.11. The number of aryl methyl sites for hydroxylation is 1. The molecule has 3 rings (SSSR count). The van der Waals surface area contributed by atoms with E-state index in [1.807, 2.05) is 56.3 Å². The van der Waals surface area contributed by atoms with Gasteiger partial charge >= 0.3 is 0 Å². The quantitative estimate of drug-likeness (QED) is 0.711. The molecule has 0 saturated heterocycles. The minimum Gasteiger partial charge on any atom is -0.374 e. The van der Waals surface area contributed by atoms with Gasteiger partial charge in [-0.05, 0) is 43.7 Å². The summed E-state index contributed by atoms with van der Waals surface area (Å²) in [5, 5.41) is 7.83. The molecule has 4 nitrogen and oxygen atoms in total. The molecule has 2 N–H and O–H groups in total. The second-order valence-corrected chi connectivity index (χ2v) is 7.23. The third-order valence-corrected chi connectivity index (χ3v) is 4.99. The zero-order valence-corrected chi connectivity index (χ0v) is 15.0. The smallest absolute Gasteiger partial charge is 0.242 e. The lowest BCUT2D eigenvalue weighted by Gasteiger charge is -2.15. The van der Waals surface area contributed by atoms with E-state index in [0.717, 1.165) is 26.5 Å². The number of rotatable bonds is 5. The maximum absolute atomic E-state index is 12.3. The summed E-state index contributed by atoms with van der Waals surface area (Å²) in [7, 11) is 0. The molecular weight excluding hydrogens is 342 g/mol. The highest BCUT2D eigenvalue weighted by Crippen LogP contribution is 2.25. The van der Waals surface area contributed by atoms with E-state index < -0.39 is 0 Å². The Hall–Kier alpha value is -2.11. The number of nitrogens with zero attached hydrogens (tertiary/aromatic N) is 1. The van der Waals surface area contributed by atoms with Gasteiger partial charge in [-0.3, -0.25) is 4.79 Å². The number of thiazole rings is 1. The van der Waals surface area contributed by atoms with Gasteiger partial charge in [-0.25, -0.2) is 4.98 Å². The molecule has 0 spiro atoms. The SMILES string of the molecule is Cc1nc2ccc(NC(C)C(=O)NCc3ccccc3Cl)cc2s1.